The minimum atomic E-state index is -4.27. The Kier molecular flexibility index (Phi) is 6.47. The zero-order valence-electron chi connectivity index (χ0n) is 14.9. The molecular weight excluding hydrogens is 539 g/mol. The van der Waals surface area contributed by atoms with Crippen LogP contribution in [0.1, 0.15) is 11.1 Å². The number of halogens is 5. The second-order valence-corrected chi connectivity index (χ2v) is 8.65. The van der Waals surface area contributed by atoms with Crippen molar-refractivity contribution in [3.63, 3.8) is 0 Å². The van der Waals surface area contributed by atoms with Gasteiger partial charge >= 0.3 is 0 Å². The summed E-state index contributed by atoms with van der Waals surface area (Å²) in [5, 5.41) is 7.27. The van der Waals surface area contributed by atoms with E-state index in [9.17, 15) is 26.0 Å². The molecule has 0 spiro atoms. The number of hydrogen-bond donors (Lipinski definition) is 3. The second-order valence-electron chi connectivity index (χ2n) is 6.11. The van der Waals surface area contributed by atoms with Gasteiger partial charge in [-0.05, 0) is 64.0 Å². The van der Waals surface area contributed by atoms with E-state index in [1.54, 1.807) is 10.8 Å². The molecule has 30 heavy (non-hydrogen) atoms. The van der Waals surface area contributed by atoms with Crippen molar-refractivity contribution >= 4 is 50.0 Å². The van der Waals surface area contributed by atoms with Crippen LogP contribution < -0.4 is 15.2 Å². The summed E-state index contributed by atoms with van der Waals surface area (Å²) in [6, 6.07) is 7.79. The molecule has 0 unspecified atom stereocenters. The fourth-order valence-corrected chi connectivity index (χ4v) is 3.45. The minimum Gasteiger partial charge on any atom is -0.351 e. The number of anilines is 3. The fraction of sp³-hybridized carbons (Fsp3) is 0.0556. The van der Waals surface area contributed by atoms with Crippen molar-refractivity contribution in [2.45, 2.75) is 6.42 Å². The monoisotopic (exact) mass is 552 g/mol. The molecule has 158 valence electrons. The van der Waals surface area contributed by atoms with E-state index < -0.39 is 45.7 Å². The van der Waals surface area contributed by atoms with Crippen LogP contribution in [0.5, 0.6) is 0 Å². The molecule has 0 amide bonds. The summed E-state index contributed by atoms with van der Waals surface area (Å²) >= 11 is 1.91. The maximum absolute atomic E-state index is 14.5. The predicted octanol–water partition coefficient (Wildman–Crippen LogP) is 4.19. The molecule has 0 aliphatic rings. The molecule has 0 bridgehead atoms. The van der Waals surface area contributed by atoms with Crippen molar-refractivity contribution in [1.29, 1.82) is 0 Å². The van der Waals surface area contributed by atoms with Gasteiger partial charge < -0.3 is 5.32 Å². The molecule has 0 aliphatic carbocycles. The van der Waals surface area contributed by atoms with Gasteiger partial charge in [0.25, 0.3) is 10.2 Å². The number of nitrogens with zero attached hydrogens (tertiary/aromatic N) is 1. The van der Waals surface area contributed by atoms with Crippen molar-refractivity contribution in [3.05, 3.63) is 80.6 Å². The van der Waals surface area contributed by atoms with Crippen LogP contribution in [0.4, 0.5) is 34.8 Å². The molecule has 0 aliphatic heterocycles. The average Bonchev–Trinajstić information content (AvgIpc) is 2.65. The highest BCUT2D eigenvalue weighted by molar-refractivity contribution is 14.1. The van der Waals surface area contributed by atoms with E-state index in [4.69, 9.17) is 5.14 Å². The van der Waals surface area contributed by atoms with Gasteiger partial charge in [0.05, 0.1) is 11.4 Å². The van der Waals surface area contributed by atoms with Gasteiger partial charge in [0.1, 0.15) is 5.82 Å². The van der Waals surface area contributed by atoms with Crippen LogP contribution in [0.15, 0.2) is 42.6 Å². The highest BCUT2D eigenvalue weighted by atomic mass is 127. The first-order valence-corrected chi connectivity index (χ1v) is 10.8. The number of hydrogen-bond acceptors (Lipinski definition) is 4. The van der Waals surface area contributed by atoms with Gasteiger partial charge in [-0.15, -0.1) is 0 Å². The van der Waals surface area contributed by atoms with Gasteiger partial charge in [-0.2, -0.15) is 8.42 Å². The molecule has 0 radical (unpaired) electrons. The van der Waals surface area contributed by atoms with E-state index in [2.05, 4.69) is 10.3 Å². The summed E-state index contributed by atoms with van der Waals surface area (Å²) in [6.07, 6.45) is 0.699. The number of rotatable bonds is 6. The predicted molar refractivity (Wildman–Crippen MR) is 112 cm³/mol. The number of aromatic nitrogens is 1. The first kappa shape index (κ1) is 22.2. The molecular formula is C18H13F4IN4O2S. The molecule has 3 rings (SSSR count). The summed E-state index contributed by atoms with van der Waals surface area (Å²) < 4.78 is 81.9. The van der Waals surface area contributed by atoms with E-state index in [0.717, 1.165) is 6.20 Å². The molecule has 2 aromatic carbocycles. The molecule has 0 atom stereocenters. The molecule has 6 nitrogen and oxygen atoms in total. The number of nitrogens with two attached hydrogens (primary N) is 1. The van der Waals surface area contributed by atoms with E-state index in [1.807, 2.05) is 22.6 Å². The normalized spacial score (nSPS) is 11.4. The van der Waals surface area contributed by atoms with E-state index in [-0.39, 0.29) is 22.5 Å². The standard InChI is InChI=1S/C18H13F4IN4O2S/c19-12-8-11(23)2-4-13(12)26-14-3-1-9(15(20)17(14)22)7-10-5-6-25-18(16(10)21)27-30(24,28)29/h1-6,8,26H,7H2,(H,25,27)(H2,24,28,29). The lowest BCUT2D eigenvalue weighted by molar-refractivity contribution is 0.502. The molecule has 12 heteroatoms. The third kappa shape index (κ3) is 5.17. The Hall–Kier alpha value is -2.45. The zero-order chi connectivity index (χ0) is 22.1. The summed E-state index contributed by atoms with van der Waals surface area (Å²) in [7, 11) is -4.27. The number of benzene rings is 2. The first-order chi connectivity index (χ1) is 14.0. The van der Waals surface area contributed by atoms with Crippen LogP contribution in [-0.2, 0) is 16.6 Å². The Morgan fingerprint density at radius 2 is 1.60 bits per heavy atom. The van der Waals surface area contributed by atoms with Crippen LogP contribution in [0.3, 0.4) is 0 Å². The van der Waals surface area contributed by atoms with Crippen molar-refractivity contribution < 1.29 is 26.0 Å². The Balaban J connectivity index is 1.89. The first-order valence-electron chi connectivity index (χ1n) is 8.18. The Morgan fingerprint density at radius 1 is 0.933 bits per heavy atom. The van der Waals surface area contributed by atoms with Gasteiger partial charge in [0.2, 0.25) is 0 Å². The molecule has 0 saturated carbocycles. The SMILES string of the molecule is NS(=O)(=O)Nc1nccc(Cc2ccc(Nc3ccc(I)cc3F)c(F)c2F)c1F. The van der Waals surface area contributed by atoms with Crippen LogP contribution in [0.25, 0.3) is 0 Å². The highest BCUT2D eigenvalue weighted by Crippen LogP contribution is 2.28. The Labute approximate surface area is 182 Å². The minimum absolute atomic E-state index is 0.0413. The molecule has 1 heterocycles. The Morgan fingerprint density at radius 3 is 2.27 bits per heavy atom. The Bertz CT molecular complexity index is 1230. The molecule has 4 N–H and O–H groups in total. The lowest BCUT2D eigenvalue weighted by Gasteiger charge is -2.13. The lowest BCUT2D eigenvalue weighted by Crippen LogP contribution is -2.23. The van der Waals surface area contributed by atoms with Crippen LogP contribution in [0, 0.1) is 26.8 Å². The summed E-state index contributed by atoms with van der Waals surface area (Å²) in [4.78, 5) is 3.52. The summed E-state index contributed by atoms with van der Waals surface area (Å²) in [6.45, 7) is 0. The topological polar surface area (TPSA) is 97.1 Å². The van der Waals surface area contributed by atoms with E-state index in [0.29, 0.717) is 3.57 Å². The molecule has 0 saturated heterocycles. The van der Waals surface area contributed by atoms with Gasteiger partial charge in [0, 0.05) is 16.2 Å². The van der Waals surface area contributed by atoms with Crippen LogP contribution in [0.2, 0.25) is 0 Å². The largest absolute Gasteiger partial charge is 0.351 e. The van der Waals surface area contributed by atoms with Crippen molar-refractivity contribution in [1.82, 2.24) is 4.98 Å². The van der Waals surface area contributed by atoms with E-state index >= 15 is 0 Å². The van der Waals surface area contributed by atoms with Gasteiger partial charge in [0.15, 0.2) is 23.3 Å². The number of nitrogens with one attached hydrogen (secondary N) is 2. The van der Waals surface area contributed by atoms with Gasteiger partial charge in [-0.1, -0.05) is 6.07 Å². The van der Waals surface area contributed by atoms with Crippen LogP contribution >= 0.6 is 22.6 Å². The zero-order valence-corrected chi connectivity index (χ0v) is 17.9. The lowest BCUT2D eigenvalue weighted by atomic mass is 10.0. The second kappa shape index (κ2) is 8.73. The third-order valence-corrected chi connectivity index (χ3v) is 5.10. The van der Waals surface area contributed by atoms with Crippen molar-refractivity contribution in [2.75, 3.05) is 10.0 Å². The van der Waals surface area contributed by atoms with Gasteiger partial charge in [-0.25, -0.2) is 27.7 Å². The molecule has 1 aromatic heterocycles. The number of pyridine rings is 1. The third-order valence-electron chi connectivity index (χ3n) is 3.95. The maximum atomic E-state index is 14.5. The smallest absolute Gasteiger partial charge is 0.297 e. The summed E-state index contributed by atoms with van der Waals surface area (Å²) in [5.41, 5.74) is -0.685. The molecule has 0 fully saturated rings. The van der Waals surface area contributed by atoms with Crippen LogP contribution in [-0.4, -0.2) is 13.4 Å². The van der Waals surface area contributed by atoms with E-state index in [1.165, 1.54) is 30.3 Å². The average molecular weight is 552 g/mol. The highest BCUT2D eigenvalue weighted by Gasteiger charge is 2.18. The maximum Gasteiger partial charge on any atom is 0.297 e. The quantitative estimate of drug-likeness (QED) is 0.316. The molecule has 3 aromatic rings. The fourth-order valence-electron chi connectivity index (χ4n) is 2.59. The van der Waals surface area contributed by atoms with Crippen molar-refractivity contribution in [3.8, 4) is 0 Å². The summed E-state index contributed by atoms with van der Waals surface area (Å²) in [5.74, 6) is -4.91. The van der Waals surface area contributed by atoms with Gasteiger partial charge in [-0.3, -0.25) is 4.72 Å². The van der Waals surface area contributed by atoms with Crippen molar-refractivity contribution in [2.24, 2.45) is 5.14 Å².